The maximum atomic E-state index is 13.9. The molecule has 3 rings (SSSR count). The number of nitrogens with one attached hydrogen (secondary N) is 2. The van der Waals surface area contributed by atoms with Crippen molar-refractivity contribution in [2.24, 2.45) is 0 Å². The molecule has 4 nitrogen and oxygen atoms in total. The van der Waals surface area contributed by atoms with Crippen molar-refractivity contribution in [3.63, 3.8) is 0 Å². The number of anilines is 1. The molecule has 1 atom stereocenters. The molecule has 0 saturated heterocycles. The van der Waals surface area contributed by atoms with Gasteiger partial charge in [-0.25, -0.2) is 8.78 Å². The van der Waals surface area contributed by atoms with Crippen molar-refractivity contribution < 1.29 is 18.4 Å². The van der Waals surface area contributed by atoms with Crippen molar-refractivity contribution in [3.8, 4) is 0 Å². The van der Waals surface area contributed by atoms with Crippen LogP contribution in [0.5, 0.6) is 0 Å². The van der Waals surface area contributed by atoms with E-state index in [9.17, 15) is 18.4 Å². The predicted molar refractivity (Wildman–Crippen MR) is 100 cm³/mol. The molecule has 2 aromatic carbocycles. The first kappa shape index (κ1) is 19.3. The van der Waals surface area contributed by atoms with E-state index in [1.807, 2.05) is 6.92 Å². The van der Waals surface area contributed by atoms with Crippen LogP contribution >= 0.6 is 11.6 Å². The topological polar surface area (TPSA) is 58.2 Å². The fraction of sp³-hybridized carbons (Fsp3) is 0.300. The van der Waals surface area contributed by atoms with Crippen molar-refractivity contribution in [3.05, 3.63) is 63.7 Å². The summed E-state index contributed by atoms with van der Waals surface area (Å²) in [5.41, 5.74) is 1.29. The van der Waals surface area contributed by atoms with E-state index in [4.69, 9.17) is 11.6 Å². The molecule has 2 amide bonds. The minimum atomic E-state index is -0.566. The quantitative estimate of drug-likeness (QED) is 0.772. The summed E-state index contributed by atoms with van der Waals surface area (Å²) in [6, 6.07) is 6.85. The van der Waals surface area contributed by atoms with Crippen LogP contribution in [0.25, 0.3) is 0 Å². The number of fused-ring (bicyclic) bond motifs is 1. The Morgan fingerprint density at radius 2 is 2.04 bits per heavy atom. The van der Waals surface area contributed by atoms with Gasteiger partial charge in [0.15, 0.2) is 0 Å². The Balaban J connectivity index is 1.82. The lowest BCUT2D eigenvalue weighted by atomic mass is 9.99. The van der Waals surface area contributed by atoms with Crippen LogP contribution in [0.2, 0.25) is 5.02 Å². The third kappa shape index (κ3) is 4.11. The zero-order chi connectivity index (χ0) is 19.6. The Labute approximate surface area is 160 Å². The van der Waals surface area contributed by atoms with E-state index in [1.165, 1.54) is 12.1 Å². The summed E-state index contributed by atoms with van der Waals surface area (Å²) in [5.74, 6) is -1.81. The first-order valence-electron chi connectivity index (χ1n) is 8.75. The Morgan fingerprint density at radius 1 is 1.26 bits per heavy atom. The number of halogens is 3. The van der Waals surface area contributed by atoms with Crippen molar-refractivity contribution in [2.45, 2.75) is 38.6 Å². The van der Waals surface area contributed by atoms with Crippen molar-refractivity contribution in [2.75, 3.05) is 5.32 Å². The number of hydrogen-bond donors (Lipinski definition) is 2. The number of amides is 2. The van der Waals surface area contributed by atoms with E-state index in [2.05, 4.69) is 10.6 Å². The minimum Gasteiger partial charge on any atom is -0.349 e. The molecule has 0 radical (unpaired) electrons. The third-order valence-corrected chi connectivity index (χ3v) is 5.00. The number of hydrogen-bond acceptors (Lipinski definition) is 2. The zero-order valence-electron chi connectivity index (χ0n) is 14.7. The molecule has 0 aliphatic carbocycles. The van der Waals surface area contributed by atoms with Gasteiger partial charge in [-0.15, -0.1) is 0 Å². The molecule has 2 aromatic rings. The van der Waals surface area contributed by atoms with Crippen LogP contribution in [0.1, 0.15) is 41.3 Å². The molecule has 1 aliphatic rings. The summed E-state index contributed by atoms with van der Waals surface area (Å²) in [7, 11) is 0. The van der Waals surface area contributed by atoms with Crippen LogP contribution in [0.4, 0.5) is 14.5 Å². The van der Waals surface area contributed by atoms with Crippen LogP contribution in [0.15, 0.2) is 30.3 Å². The average Bonchev–Trinajstić information content (AvgIpc) is 3.01. The average molecular weight is 393 g/mol. The lowest BCUT2D eigenvalue weighted by Gasteiger charge is -2.20. The molecule has 0 saturated carbocycles. The molecule has 1 unspecified atom stereocenters. The van der Waals surface area contributed by atoms with Gasteiger partial charge in [0, 0.05) is 17.2 Å². The summed E-state index contributed by atoms with van der Waals surface area (Å²) in [6.07, 6.45) is 1.80. The molecule has 142 valence electrons. The summed E-state index contributed by atoms with van der Waals surface area (Å²) in [5, 5.41) is 5.40. The molecule has 2 N–H and O–H groups in total. The van der Waals surface area contributed by atoms with Crippen LogP contribution in [0, 0.1) is 11.6 Å². The fourth-order valence-electron chi connectivity index (χ4n) is 3.30. The highest BCUT2D eigenvalue weighted by Gasteiger charge is 2.27. The maximum absolute atomic E-state index is 13.9. The van der Waals surface area contributed by atoms with E-state index in [-0.39, 0.29) is 34.6 Å². The monoisotopic (exact) mass is 392 g/mol. The highest BCUT2D eigenvalue weighted by atomic mass is 35.5. The molecule has 0 fully saturated rings. The third-order valence-electron chi connectivity index (χ3n) is 4.58. The SMILES string of the molecule is CCCC(Cc1cccc(F)c1Cl)NC(=O)c1ccc(F)c2c1CC(=O)N2. The summed E-state index contributed by atoms with van der Waals surface area (Å²) >= 11 is 6.03. The van der Waals surface area contributed by atoms with Gasteiger partial charge in [0.05, 0.1) is 17.1 Å². The van der Waals surface area contributed by atoms with E-state index >= 15 is 0 Å². The number of carbonyl (C=O) groups is 2. The van der Waals surface area contributed by atoms with Gasteiger partial charge in [0.1, 0.15) is 11.6 Å². The van der Waals surface area contributed by atoms with E-state index in [0.29, 0.717) is 24.0 Å². The molecule has 0 aromatic heterocycles. The van der Waals surface area contributed by atoms with E-state index < -0.39 is 17.5 Å². The van der Waals surface area contributed by atoms with Gasteiger partial charge < -0.3 is 10.6 Å². The van der Waals surface area contributed by atoms with Gasteiger partial charge in [-0.3, -0.25) is 9.59 Å². The van der Waals surface area contributed by atoms with Crippen LogP contribution < -0.4 is 10.6 Å². The first-order valence-corrected chi connectivity index (χ1v) is 9.13. The molecule has 0 spiro atoms. The number of carbonyl (C=O) groups excluding carboxylic acids is 2. The van der Waals surface area contributed by atoms with Crippen LogP contribution in [0.3, 0.4) is 0 Å². The lowest BCUT2D eigenvalue weighted by molar-refractivity contribution is -0.115. The van der Waals surface area contributed by atoms with E-state index in [1.54, 1.807) is 12.1 Å². The van der Waals surface area contributed by atoms with Crippen molar-refractivity contribution in [1.82, 2.24) is 5.32 Å². The van der Waals surface area contributed by atoms with Gasteiger partial charge in [0.2, 0.25) is 5.91 Å². The normalized spacial score (nSPS) is 13.9. The first-order chi connectivity index (χ1) is 12.9. The van der Waals surface area contributed by atoms with Crippen molar-refractivity contribution >= 4 is 29.1 Å². The van der Waals surface area contributed by atoms with E-state index in [0.717, 1.165) is 12.5 Å². The molecular weight excluding hydrogens is 374 g/mol. The molecule has 0 bridgehead atoms. The zero-order valence-corrected chi connectivity index (χ0v) is 15.5. The van der Waals surface area contributed by atoms with Crippen LogP contribution in [-0.2, 0) is 17.6 Å². The summed E-state index contributed by atoms with van der Waals surface area (Å²) < 4.78 is 27.5. The molecular formula is C20H19ClF2N2O2. The van der Waals surface area contributed by atoms with Gasteiger partial charge >= 0.3 is 0 Å². The number of benzene rings is 2. The van der Waals surface area contributed by atoms with Crippen molar-refractivity contribution in [1.29, 1.82) is 0 Å². The Morgan fingerprint density at radius 3 is 2.78 bits per heavy atom. The van der Waals surface area contributed by atoms with Gasteiger partial charge in [-0.05, 0) is 36.6 Å². The Hall–Kier alpha value is -2.47. The highest BCUT2D eigenvalue weighted by Crippen LogP contribution is 2.29. The maximum Gasteiger partial charge on any atom is 0.251 e. The van der Waals surface area contributed by atoms with Gasteiger partial charge in [0.25, 0.3) is 5.91 Å². The fourth-order valence-corrected chi connectivity index (χ4v) is 3.51. The van der Waals surface area contributed by atoms with Crippen LogP contribution in [-0.4, -0.2) is 17.9 Å². The smallest absolute Gasteiger partial charge is 0.251 e. The predicted octanol–water partition coefficient (Wildman–Crippen LogP) is 4.25. The molecule has 1 heterocycles. The summed E-state index contributed by atoms with van der Waals surface area (Å²) in [4.78, 5) is 24.4. The minimum absolute atomic E-state index is 0.0377. The van der Waals surface area contributed by atoms with Gasteiger partial charge in [-0.2, -0.15) is 0 Å². The number of rotatable bonds is 6. The Kier molecular flexibility index (Phi) is 5.75. The second kappa shape index (κ2) is 8.05. The Bertz CT molecular complexity index is 902. The summed E-state index contributed by atoms with van der Waals surface area (Å²) in [6.45, 7) is 1.98. The highest BCUT2D eigenvalue weighted by molar-refractivity contribution is 6.31. The second-order valence-corrected chi connectivity index (χ2v) is 6.93. The lowest BCUT2D eigenvalue weighted by Crippen LogP contribution is -2.37. The standard InChI is InChI=1S/C20H19ClF2N2O2/c1-2-4-12(9-11-5-3-6-15(22)18(11)21)24-20(27)13-7-8-16(23)19-14(13)10-17(26)25-19/h3,5-8,12H,2,4,9-10H2,1H3,(H,24,27)(H,25,26). The molecule has 7 heteroatoms. The largest absolute Gasteiger partial charge is 0.349 e. The second-order valence-electron chi connectivity index (χ2n) is 6.55. The molecule has 27 heavy (non-hydrogen) atoms. The molecule has 1 aliphatic heterocycles. The van der Waals surface area contributed by atoms with Gasteiger partial charge in [-0.1, -0.05) is 37.1 Å².